The number of ether oxygens (including phenoxy) is 1. The first kappa shape index (κ1) is 15.4. The molecule has 0 spiro atoms. The molecule has 16 heavy (non-hydrogen) atoms. The molecule has 3 heteroatoms. The molecule has 0 rings (SSSR count). The highest BCUT2D eigenvalue weighted by Gasteiger charge is 2.32. The fourth-order valence-electron chi connectivity index (χ4n) is 1.13. The maximum Gasteiger partial charge on any atom is 0.311 e. The number of hydrogen-bond donors (Lipinski definition) is 0. The Morgan fingerprint density at radius 2 is 1.75 bits per heavy atom. The van der Waals surface area contributed by atoms with Crippen LogP contribution in [0.25, 0.3) is 0 Å². The van der Waals surface area contributed by atoms with Crippen LogP contribution in [0, 0.1) is 11.3 Å². The Morgan fingerprint density at radius 1 is 1.25 bits per heavy atom. The van der Waals surface area contributed by atoms with Gasteiger partial charge >= 0.3 is 5.97 Å². The van der Waals surface area contributed by atoms with Crippen LogP contribution < -0.4 is 0 Å². The van der Waals surface area contributed by atoms with E-state index in [0.717, 1.165) is 17.4 Å². The molecule has 96 valence electrons. The van der Waals surface area contributed by atoms with E-state index < -0.39 is 0 Å². The van der Waals surface area contributed by atoms with Gasteiger partial charge in [-0.05, 0) is 19.8 Å². The molecule has 0 aliphatic heterocycles. The Labute approximate surface area is 100 Å². The van der Waals surface area contributed by atoms with Crippen LogP contribution in [-0.2, 0) is 9.53 Å². The van der Waals surface area contributed by atoms with Gasteiger partial charge in [0.15, 0.2) is 0 Å². The standard InChI is InChI=1S/C13H28NO2/c1-11(2)13(3,4)12(15)16-10-8-9-14(5,6)7/h11H,8-10H2,1-7H3/q+1. The van der Waals surface area contributed by atoms with Crippen LogP contribution >= 0.6 is 0 Å². The summed E-state index contributed by atoms with van der Waals surface area (Å²) in [7, 11) is 6.42. The van der Waals surface area contributed by atoms with Crippen molar-refractivity contribution in [3.8, 4) is 0 Å². The van der Waals surface area contributed by atoms with E-state index in [1.54, 1.807) is 0 Å². The van der Waals surface area contributed by atoms with Crippen molar-refractivity contribution in [2.24, 2.45) is 11.3 Å². The molecule has 3 nitrogen and oxygen atoms in total. The summed E-state index contributed by atoms with van der Waals surface area (Å²) in [5.74, 6) is 0.224. The van der Waals surface area contributed by atoms with Crippen LogP contribution in [0.15, 0.2) is 0 Å². The zero-order valence-corrected chi connectivity index (χ0v) is 12.0. The quantitative estimate of drug-likeness (QED) is 0.397. The van der Waals surface area contributed by atoms with Gasteiger partial charge in [-0.15, -0.1) is 0 Å². The normalized spacial score (nSPS) is 13.0. The highest BCUT2D eigenvalue weighted by molar-refractivity contribution is 5.76. The highest BCUT2D eigenvalue weighted by atomic mass is 16.5. The van der Waals surface area contributed by atoms with Gasteiger partial charge < -0.3 is 9.22 Å². The third kappa shape index (κ3) is 5.50. The van der Waals surface area contributed by atoms with E-state index >= 15 is 0 Å². The van der Waals surface area contributed by atoms with Crippen molar-refractivity contribution < 1.29 is 14.0 Å². The minimum atomic E-state index is -0.378. The zero-order valence-electron chi connectivity index (χ0n) is 12.0. The molecule has 0 amide bonds. The summed E-state index contributed by atoms with van der Waals surface area (Å²) in [5.41, 5.74) is -0.378. The van der Waals surface area contributed by atoms with Crippen molar-refractivity contribution >= 4 is 5.97 Å². The number of rotatable bonds is 6. The summed E-state index contributed by atoms with van der Waals surface area (Å²) in [6, 6.07) is 0. The highest BCUT2D eigenvalue weighted by Crippen LogP contribution is 2.27. The number of esters is 1. The van der Waals surface area contributed by atoms with E-state index in [9.17, 15) is 4.79 Å². The molecule has 0 radical (unpaired) electrons. The van der Waals surface area contributed by atoms with Crippen LogP contribution in [0.5, 0.6) is 0 Å². The van der Waals surface area contributed by atoms with Gasteiger partial charge in [0.1, 0.15) is 0 Å². The Kier molecular flexibility index (Phi) is 5.47. The number of quaternary nitrogens is 1. The fraction of sp³-hybridized carbons (Fsp3) is 0.923. The molecule has 0 saturated heterocycles. The van der Waals surface area contributed by atoms with Gasteiger partial charge in [0.05, 0.1) is 39.7 Å². The van der Waals surface area contributed by atoms with Crippen molar-refractivity contribution in [3.05, 3.63) is 0 Å². The monoisotopic (exact) mass is 230 g/mol. The second kappa shape index (κ2) is 5.67. The second-order valence-corrected chi connectivity index (χ2v) is 6.38. The van der Waals surface area contributed by atoms with E-state index in [1.165, 1.54) is 0 Å². The molecule has 0 unspecified atom stereocenters. The predicted octanol–water partition coefficient (Wildman–Crippen LogP) is 2.31. The fourth-order valence-corrected chi connectivity index (χ4v) is 1.13. The molecule has 0 saturated carbocycles. The molecule has 0 aromatic rings. The van der Waals surface area contributed by atoms with E-state index in [-0.39, 0.29) is 11.4 Å². The number of nitrogens with zero attached hydrogens (tertiary/aromatic N) is 1. The van der Waals surface area contributed by atoms with Gasteiger partial charge in [-0.2, -0.15) is 0 Å². The van der Waals surface area contributed by atoms with Crippen molar-refractivity contribution in [3.63, 3.8) is 0 Å². The minimum absolute atomic E-state index is 0.0797. The van der Waals surface area contributed by atoms with Crippen molar-refractivity contribution in [1.82, 2.24) is 0 Å². The van der Waals surface area contributed by atoms with Crippen LogP contribution in [0.1, 0.15) is 34.1 Å². The van der Waals surface area contributed by atoms with E-state index in [0.29, 0.717) is 12.5 Å². The predicted molar refractivity (Wildman–Crippen MR) is 67.1 cm³/mol. The summed E-state index contributed by atoms with van der Waals surface area (Å²) in [4.78, 5) is 11.8. The van der Waals surface area contributed by atoms with Crippen molar-refractivity contribution in [1.29, 1.82) is 0 Å². The SMILES string of the molecule is CC(C)C(C)(C)C(=O)OCCC[N+](C)(C)C. The molecule has 0 aromatic carbocycles. The first-order valence-corrected chi connectivity index (χ1v) is 6.05. The van der Waals surface area contributed by atoms with Gasteiger partial charge in [-0.3, -0.25) is 4.79 Å². The lowest BCUT2D eigenvalue weighted by Gasteiger charge is -2.27. The lowest BCUT2D eigenvalue weighted by molar-refractivity contribution is -0.870. The maximum absolute atomic E-state index is 11.8. The average molecular weight is 230 g/mol. The molecular weight excluding hydrogens is 202 g/mol. The summed E-state index contributed by atoms with van der Waals surface area (Å²) >= 11 is 0. The van der Waals surface area contributed by atoms with E-state index in [4.69, 9.17) is 4.74 Å². The topological polar surface area (TPSA) is 26.3 Å². The summed E-state index contributed by atoms with van der Waals surface area (Å²) < 4.78 is 6.22. The maximum atomic E-state index is 11.8. The Bertz CT molecular complexity index is 227. The molecule has 0 aliphatic rings. The van der Waals surface area contributed by atoms with Gasteiger partial charge in [-0.1, -0.05) is 13.8 Å². The molecule has 0 bridgehead atoms. The molecule has 0 aromatic heterocycles. The lowest BCUT2D eigenvalue weighted by atomic mass is 9.81. The molecule has 0 fully saturated rings. The summed E-state index contributed by atoms with van der Waals surface area (Å²) in [5, 5.41) is 0. The third-order valence-corrected chi connectivity index (χ3v) is 3.18. The molecular formula is C13H28NO2+. The molecule has 0 N–H and O–H groups in total. The van der Waals surface area contributed by atoms with E-state index in [2.05, 4.69) is 21.1 Å². The van der Waals surface area contributed by atoms with Crippen LogP contribution in [0.3, 0.4) is 0 Å². The van der Waals surface area contributed by atoms with Gasteiger partial charge in [0.2, 0.25) is 0 Å². The lowest BCUT2D eigenvalue weighted by Crippen LogP contribution is -2.36. The van der Waals surface area contributed by atoms with Gasteiger partial charge in [-0.25, -0.2) is 0 Å². The average Bonchev–Trinajstić information content (AvgIpc) is 2.10. The molecule has 0 aliphatic carbocycles. The number of hydrogen-bond acceptors (Lipinski definition) is 2. The van der Waals surface area contributed by atoms with Crippen LogP contribution in [0.2, 0.25) is 0 Å². The summed E-state index contributed by atoms with van der Waals surface area (Å²) in [6.07, 6.45) is 0.920. The largest absolute Gasteiger partial charge is 0.465 e. The smallest absolute Gasteiger partial charge is 0.311 e. The van der Waals surface area contributed by atoms with Crippen molar-refractivity contribution in [2.45, 2.75) is 34.1 Å². The minimum Gasteiger partial charge on any atom is -0.465 e. The van der Waals surface area contributed by atoms with Crippen LogP contribution in [0.4, 0.5) is 0 Å². The molecule has 0 heterocycles. The van der Waals surface area contributed by atoms with Gasteiger partial charge in [0.25, 0.3) is 0 Å². The molecule has 0 atom stereocenters. The first-order valence-electron chi connectivity index (χ1n) is 6.05. The second-order valence-electron chi connectivity index (χ2n) is 6.38. The Morgan fingerprint density at radius 3 is 2.12 bits per heavy atom. The number of carbonyl (C=O) groups is 1. The van der Waals surface area contributed by atoms with Gasteiger partial charge in [0, 0.05) is 6.42 Å². The zero-order chi connectivity index (χ0) is 13.0. The number of carbonyl (C=O) groups excluding carboxylic acids is 1. The first-order chi connectivity index (χ1) is 7.07. The summed E-state index contributed by atoms with van der Waals surface area (Å²) in [6.45, 7) is 9.54. The third-order valence-electron chi connectivity index (χ3n) is 3.18. The van der Waals surface area contributed by atoms with E-state index in [1.807, 2.05) is 27.7 Å². The van der Waals surface area contributed by atoms with Crippen molar-refractivity contribution in [2.75, 3.05) is 34.3 Å². The Hall–Kier alpha value is -0.570. The Balaban J connectivity index is 3.92. The van der Waals surface area contributed by atoms with Crippen LogP contribution in [-0.4, -0.2) is 44.7 Å².